The van der Waals surface area contributed by atoms with E-state index in [2.05, 4.69) is 5.32 Å². The zero-order valence-corrected chi connectivity index (χ0v) is 15.0. The van der Waals surface area contributed by atoms with Crippen molar-refractivity contribution in [1.82, 2.24) is 9.88 Å². The van der Waals surface area contributed by atoms with Crippen molar-refractivity contribution in [3.8, 4) is 0 Å². The Labute approximate surface area is 152 Å². The minimum Gasteiger partial charge on any atom is -0.381 e. The number of aryl methyl sites for hydroxylation is 1. The van der Waals surface area contributed by atoms with E-state index in [9.17, 15) is 14.0 Å². The Kier molecular flexibility index (Phi) is 5.23. The van der Waals surface area contributed by atoms with Gasteiger partial charge >= 0.3 is 0 Å². The SMILES string of the molecule is CC(=O)c1cc(C(=O)NCC2(c3ccc(F)cc3)CCOCC2)n(C)c1. The first kappa shape index (κ1) is 18.3. The molecule has 1 aliphatic heterocycles. The maximum absolute atomic E-state index is 13.3. The van der Waals surface area contributed by atoms with Crippen molar-refractivity contribution in [2.45, 2.75) is 25.2 Å². The van der Waals surface area contributed by atoms with Gasteiger partial charge in [-0.1, -0.05) is 12.1 Å². The van der Waals surface area contributed by atoms with Crippen LogP contribution in [0.5, 0.6) is 0 Å². The lowest BCUT2D eigenvalue weighted by Crippen LogP contribution is -2.44. The quantitative estimate of drug-likeness (QED) is 0.836. The fourth-order valence-corrected chi connectivity index (χ4v) is 3.46. The highest BCUT2D eigenvalue weighted by Gasteiger charge is 2.35. The van der Waals surface area contributed by atoms with E-state index in [0.29, 0.717) is 31.0 Å². The average Bonchev–Trinajstić information content (AvgIpc) is 3.03. The third kappa shape index (κ3) is 3.70. The fraction of sp³-hybridized carbons (Fsp3) is 0.400. The summed E-state index contributed by atoms with van der Waals surface area (Å²) in [5.41, 5.74) is 1.67. The Morgan fingerprint density at radius 1 is 1.23 bits per heavy atom. The topological polar surface area (TPSA) is 60.3 Å². The molecule has 0 radical (unpaired) electrons. The molecule has 1 aliphatic rings. The van der Waals surface area contributed by atoms with Crippen molar-refractivity contribution in [3.05, 3.63) is 59.2 Å². The number of benzene rings is 1. The number of Topliss-reactive ketones (excluding diaryl/α,β-unsaturated/α-hetero) is 1. The number of ether oxygens (including phenoxy) is 1. The van der Waals surface area contributed by atoms with Crippen molar-refractivity contribution >= 4 is 11.7 Å². The Morgan fingerprint density at radius 2 is 1.88 bits per heavy atom. The predicted octanol–water partition coefficient (Wildman–Crippen LogP) is 2.85. The highest BCUT2D eigenvalue weighted by atomic mass is 19.1. The van der Waals surface area contributed by atoms with Crippen molar-refractivity contribution < 1.29 is 18.7 Å². The summed E-state index contributed by atoms with van der Waals surface area (Å²) >= 11 is 0. The van der Waals surface area contributed by atoms with E-state index in [4.69, 9.17) is 4.74 Å². The molecule has 0 saturated carbocycles. The van der Waals surface area contributed by atoms with Crippen LogP contribution in [0.25, 0.3) is 0 Å². The molecule has 1 saturated heterocycles. The van der Waals surface area contributed by atoms with Gasteiger partial charge in [-0.15, -0.1) is 0 Å². The Bertz CT molecular complexity index is 805. The molecule has 0 atom stereocenters. The molecule has 0 spiro atoms. The second-order valence-electron chi connectivity index (χ2n) is 6.86. The largest absolute Gasteiger partial charge is 0.381 e. The summed E-state index contributed by atoms with van der Waals surface area (Å²) in [4.78, 5) is 24.1. The van der Waals surface area contributed by atoms with Crippen molar-refractivity contribution in [3.63, 3.8) is 0 Å². The van der Waals surface area contributed by atoms with Gasteiger partial charge in [0.25, 0.3) is 5.91 Å². The summed E-state index contributed by atoms with van der Waals surface area (Å²) in [6, 6.07) is 8.06. The molecule has 0 bridgehead atoms. The van der Waals surface area contributed by atoms with E-state index in [1.165, 1.54) is 19.1 Å². The van der Waals surface area contributed by atoms with E-state index in [1.807, 2.05) is 0 Å². The number of carbonyl (C=O) groups is 2. The van der Waals surface area contributed by atoms with E-state index in [-0.39, 0.29) is 22.9 Å². The van der Waals surface area contributed by atoms with Crippen molar-refractivity contribution in [2.24, 2.45) is 7.05 Å². The molecule has 1 fully saturated rings. The first-order valence-electron chi connectivity index (χ1n) is 8.71. The lowest BCUT2D eigenvalue weighted by molar-refractivity contribution is 0.0486. The van der Waals surface area contributed by atoms with Crippen LogP contribution < -0.4 is 5.32 Å². The maximum Gasteiger partial charge on any atom is 0.267 e. The van der Waals surface area contributed by atoms with Crippen LogP contribution in [-0.4, -0.2) is 36.0 Å². The molecule has 1 N–H and O–H groups in total. The molecule has 5 nitrogen and oxygen atoms in total. The Balaban J connectivity index is 1.79. The summed E-state index contributed by atoms with van der Waals surface area (Å²) < 4.78 is 20.4. The number of nitrogens with zero attached hydrogens (tertiary/aromatic N) is 1. The van der Waals surface area contributed by atoms with Gasteiger partial charge in [0.15, 0.2) is 5.78 Å². The molecule has 3 rings (SSSR count). The van der Waals surface area contributed by atoms with Gasteiger partial charge in [0.05, 0.1) is 0 Å². The number of carbonyl (C=O) groups excluding carboxylic acids is 2. The third-order valence-corrected chi connectivity index (χ3v) is 5.14. The molecular weight excluding hydrogens is 335 g/mol. The molecule has 6 heteroatoms. The van der Waals surface area contributed by atoms with Crippen LogP contribution in [0.2, 0.25) is 0 Å². The maximum atomic E-state index is 13.3. The smallest absolute Gasteiger partial charge is 0.267 e. The average molecular weight is 358 g/mol. The van der Waals surface area contributed by atoms with E-state index in [1.54, 1.807) is 36.0 Å². The number of hydrogen-bond acceptors (Lipinski definition) is 3. The zero-order valence-electron chi connectivity index (χ0n) is 15.0. The van der Waals surface area contributed by atoms with Gasteiger partial charge in [-0.3, -0.25) is 9.59 Å². The van der Waals surface area contributed by atoms with Gasteiger partial charge < -0.3 is 14.6 Å². The number of halogens is 1. The van der Waals surface area contributed by atoms with Gasteiger partial charge in [-0.05, 0) is 43.5 Å². The molecule has 0 unspecified atom stereocenters. The lowest BCUT2D eigenvalue weighted by Gasteiger charge is -2.38. The molecule has 138 valence electrons. The number of amides is 1. The first-order valence-corrected chi connectivity index (χ1v) is 8.71. The van der Waals surface area contributed by atoms with Crippen LogP contribution in [0.4, 0.5) is 4.39 Å². The molecule has 1 aromatic carbocycles. The van der Waals surface area contributed by atoms with Crippen molar-refractivity contribution in [1.29, 1.82) is 0 Å². The molecule has 2 heterocycles. The van der Waals surface area contributed by atoms with Crippen LogP contribution in [0.1, 0.15) is 46.2 Å². The van der Waals surface area contributed by atoms with Crippen LogP contribution in [0.15, 0.2) is 36.5 Å². The Hall–Kier alpha value is -2.47. The molecular formula is C20H23FN2O3. The van der Waals surface area contributed by atoms with Crippen LogP contribution >= 0.6 is 0 Å². The van der Waals surface area contributed by atoms with Gasteiger partial charge in [0.2, 0.25) is 0 Å². The summed E-state index contributed by atoms with van der Waals surface area (Å²) in [5, 5.41) is 3.00. The summed E-state index contributed by atoms with van der Waals surface area (Å²) in [5.74, 6) is -0.583. The third-order valence-electron chi connectivity index (χ3n) is 5.14. The van der Waals surface area contributed by atoms with E-state index in [0.717, 1.165) is 18.4 Å². The number of hydrogen-bond donors (Lipinski definition) is 1. The van der Waals surface area contributed by atoms with Crippen LogP contribution in [0.3, 0.4) is 0 Å². The van der Waals surface area contributed by atoms with Gasteiger partial charge in [0, 0.05) is 44.0 Å². The fourth-order valence-electron chi connectivity index (χ4n) is 3.46. The first-order chi connectivity index (χ1) is 12.4. The standard InChI is InChI=1S/C20H23FN2O3/c1-14(24)15-11-18(23(2)12-15)19(25)22-13-20(7-9-26-10-8-20)16-3-5-17(21)6-4-16/h3-6,11-12H,7-10,13H2,1-2H3,(H,22,25). The second kappa shape index (κ2) is 7.41. The van der Waals surface area contributed by atoms with Gasteiger partial charge in [0.1, 0.15) is 11.5 Å². The molecule has 1 aromatic heterocycles. The van der Waals surface area contributed by atoms with Crippen LogP contribution in [-0.2, 0) is 17.2 Å². The Morgan fingerprint density at radius 3 is 2.46 bits per heavy atom. The molecule has 0 aliphatic carbocycles. The summed E-state index contributed by atoms with van der Waals surface area (Å²) in [6.07, 6.45) is 3.16. The molecule has 2 aromatic rings. The summed E-state index contributed by atoms with van der Waals surface area (Å²) in [7, 11) is 1.74. The van der Waals surface area contributed by atoms with Crippen LogP contribution in [0, 0.1) is 5.82 Å². The van der Waals surface area contributed by atoms with Gasteiger partial charge in [-0.2, -0.15) is 0 Å². The van der Waals surface area contributed by atoms with E-state index >= 15 is 0 Å². The monoisotopic (exact) mass is 358 g/mol. The van der Waals surface area contributed by atoms with Gasteiger partial charge in [-0.25, -0.2) is 4.39 Å². The van der Waals surface area contributed by atoms with Crippen molar-refractivity contribution in [2.75, 3.05) is 19.8 Å². The molecule has 1 amide bonds. The zero-order chi connectivity index (χ0) is 18.7. The second-order valence-corrected chi connectivity index (χ2v) is 6.86. The predicted molar refractivity (Wildman–Crippen MR) is 95.9 cm³/mol. The van der Waals surface area contributed by atoms with E-state index < -0.39 is 0 Å². The highest BCUT2D eigenvalue weighted by molar-refractivity contribution is 5.99. The number of ketones is 1. The lowest BCUT2D eigenvalue weighted by atomic mass is 9.74. The highest BCUT2D eigenvalue weighted by Crippen LogP contribution is 2.34. The number of aromatic nitrogens is 1. The minimum atomic E-state index is -0.282. The minimum absolute atomic E-state index is 0.0770. The molecule has 26 heavy (non-hydrogen) atoms. The number of rotatable bonds is 5. The number of nitrogens with one attached hydrogen (secondary N) is 1. The normalized spacial score (nSPS) is 16.3. The summed E-state index contributed by atoms with van der Waals surface area (Å²) in [6.45, 7) is 3.11.